The van der Waals surface area contributed by atoms with Crippen LogP contribution in [0.1, 0.15) is 18.1 Å². The van der Waals surface area contributed by atoms with E-state index in [-0.39, 0.29) is 11.9 Å². The molecule has 2 nitrogen and oxygen atoms in total. The highest BCUT2D eigenvalue weighted by Crippen LogP contribution is 2.32. The highest BCUT2D eigenvalue weighted by molar-refractivity contribution is 5.54. The Hall–Kier alpha value is -1.09. The molecule has 0 fully saturated rings. The van der Waals surface area contributed by atoms with E-state index in [1.54, 1.807) is 13.2 Å². The van der Waals surface area contributed by atoms with Crippen LogP contribution < -0.4 is 5.32 Å². The number of fused-ring (bicyclic) bond motifs is 1. The molecule has 1 aliphatic rings. The van der Waals surface area contributed by atoms with Crippen molar-refractivity contribution in [1.29, 1.82) is 0 Å². The lowest BCUT2D eigenvalue weighted by Crippen LogP contribution is -2.17. The zero-order chi connectivity index (χ0) is 9.26. The minimum absolute atomic E-state index is 0.108. The van der Waals surface area contributed by atoms with Gasteiger partial charge in [0.2, 0.25) is 0 Å². The van der Waals surface area contributed by atoms with Gasteiger partial charge in [0.05, 0.1) is 6.10 Å². The molecule has 1 unspecified atom stereocenters. The molecular weight excluding hydrogens is 169 g/mol. The molecular formula is C10H12FNO. The fourth-order valence-electron chi connectivity index (χ4n) is 1.70. The van der Waals surface area contributed by atoms with Crippen molar-refractivity contribution < 1.29 is 9.13 Å². The van der Waals surface area contributed by atoms with Gasteiger partial charge in [0.15, 0.2) is 0 Å². The molecule has 0 saturated heterocycles. The standard InChI is InChI=1S/C10H12FNO/c1-13-10-4-5-12-9-6-7(11)2-3-8(9)10/h2-3,6,10,12H,4-5H2,1H3. The quantitative estimate of drug-likeness (QED) is 0.718. The summed E-state index contributed by atoms with van der Waals surface area (Å²) in [5.74, 6) is -0.206. The minimum Gasteiger partial charge on any atom is -0.385 e. The fourth-order valence-corrected chi connectivity index (χ4v) is 1.70. The van der Waals surface area contributed by atoms with Crippen molar-refractivity contribution in [1.82, 2.24) is 0 Å². The summed E-state index contributed by atoms with van der Waals surface area (Å²) in [6, 6.07) is 4.77. The number of benzene rings is 1. The second-order valence-electron chi connectivity index (χ2n) is 3.17. The van der Waals surface area contributed by atoms with Gasteiger partial charge in [-0.1, -0.05) is 6.07 Å². The van der Waals surface area contributed by atoms with E-state index in [4.69, 9.17) is 4.74 Å². The van der Waals surface area contributed by atoms with Crippen LogP contribution in [0.5, 0.6) is 0 Å². The van der Waals surface area contributed by atoms with Crippen LogP contribution in [0.3, 0.4) is 0 Å². The second-order valence-corrected chi connectivity index (χ2v) is 3.17. The molecule has 0 amide bonds. The molecule has 0 radical (unpaired) electrons. The summed E-state index contributed by atoms with van der Waals surface area (Å²) in [7, 11) is 1.68. The lowest BCUT2D eigenvalue weighted by atomic mass is 10.0. The molecule has 70 valence electrons. The largest absolute Gasteiger partial charge is 0.385 e. The molecule has 13 heavy (non-hydrogen) atoms. The van der Waals surface area contributed by atoms with E-state index < -0.39 is 0 Å². The first-order chi connectivity index (χ1) is 6.31. The van der Waals surface area contributed by atoms with E-state index in [0.717, 1.165) is 24.2 Å². The smallest absolute Gasteiger partial charge is 0.125 e. The second kappa shape index (κ2) is 3.34. The predicted molar refractivity (Wildman–Crippen MR) is 49.3 cm³/mol. The van der Waals surface area contributed by atoms with E-state index in [1.807, 2.05) is 0 Å². The summed E-state index contributed by atoms with van der Waals surface area (Å²) < 4.78 is 18.1. The number of halogens is 1. The maximum atomic E-state index is 12.8. The third-order valence-electron chi connectivity index (χ3n) is 2.37. The number of hydrogen-bond acceptors (Lipinski definition) is 2. The van der Waals surface area contributed by atoms with Crippen molar-refractivity contribution in [3.05, 3.63) is 29.6 Å². The fraction of sp³-hybridized carbons (Fsp3) is 0.400. The van der Waals surface area contributed by atoms with Crippen LogP contribution >= 0.6 is 0 Å². The third-order valence-corrected chi connectivity index (χ3v) is 2.37. The highest BCUT2D eigenvalue weighted by atomic mass is 19.1. The molecule has 0 saturated carbocycles. The highest BCUT2D eigenvalue weighted by Gasteiger charge is 2.19. The first-order valence-corrected chi connectivity index (χ1v) is 4.37. The average molecular weight is 181 g/mol. The predicted octanol–water partition coefficient (Wildman–Crippen LogP) is 2.33. The Morgan fingerprint density at radius 2 is 2.38 bits per heavy atom. The Labute approximate surface area is 76.7 Å². The lowest BCUT2D eigenvalue weighted by molar-refractivity contribution is 0.0964. The summed E-state index contributed by atoms with van der Waals surface area (Å²) in [6.07, 6.45) is 1.05. The lowest BCUT2D eigenvalue weighted by Gasteiger charge is -2.25. The molecule has 0 bridgehead atoms. The summed E-state index contributed by atoms with van der Waals surface area (Å²) in [6.45, 7) is 0.842. The summed E-state index contributed by atoms with van der Waals surface area (Å²) in [5, 5.41) is 3.15. The van der Waals surface area contributed by atoms with E-state index in [1.165, 1.54) is 12.1 Å². The number of anilines is 1. The van der Waals surface area contributed by atoms with Crippen molar-refractivity contribution in [2.75, 3.05) is 19.0 Å². The van der Waals surface area contributed by atoms with Gasteiger partial charge in [0.25, 0.3) is 0 Å². The molecule has 0 aromatic heterocycles. The molecule has 3 heteroatoms. The van der Waals surface area contributed by atoms with Gasteiger partial charge in [0.1, 0.15) is 5.82 Å². The van der Waals surface area contributed by atoms with Crippen LogP contribution in [0, 0.1) is 5.82 Å². The van der Waals surface area contributed by atoms with Gasteiger partial charge in [-0.2, -0.15) is 0 Å². The average Bonchev–Trinajstić information content (AvgIpc) is 2.16. The van der Waals surface area contributed by atoms with Crippen molar-refractivity contribution in [2.45, 2.75) is 12.5 Å². The van der Waals surface area contributed by atoms with Gasteiger partial charge < -0.3 is 10.1 Å². The van der Waals surface area contributed by atoms with Crippen LogP contribution in [0.15, 0.2) is 18.2 Å². The van der Waals surface area contributed by atoms with Crippen LogP contribution in [0.2, 0.25) is 0 Å². The topological polar surface area (TPSA) is 21.3 Å². The van der Waals surface area contributed by atoms with Gasteiger partial charge in [-0.15, -0.1) is 0 Å². The Morgan fingerprint density at radius 1 is 1.54 bits per heavy atom. The normalized spacial score (nSPS) is 20.6. The van der Waals surface area contributed by atoms with Gasteiger partial charge in [-0.3, -0.25) is 0 Å². The Kier molecular flexibility index (Phi) is 2.19. The van der Waals surface area contributed by atoms with Crippen molar-refractivity contribution >= 4 is 5.69 Å². The Morgan fingerprint density at radius 3 is 3.15 bits per heavy atom. The van der Waals surface area contributed by atoms with Gasteiger partial charge in [-0.05, 0) is 18.6 Å². The molecule has 1 heterocycles. The van der Waals surface area contributed by atoms with Gasteiger partial charge >= 0.3 is 0 Å². The monoisotopic (exact) mass is 181 g/mol. The molecule has 1 atom stereocenters. The summed E-state index contributed by atoms with van der Waals surface area (Å²) >= 11 is 0. The molecule has 1 aromatic carbocycles. The SMILES string of the molecule is COC1CCNc2cc(F)ccc21. The molecule has 1 N–H and O–H groups in total. The molecule has 2 rings (SSSR count). The van der Waals surface area contributed by atoms with Crippen LogP contribution in [-0.4, -0.2) is 13.7 Å². The zero-order valence-corrected chi connectivity index (χ0v) is 7.51. The maximum Gasteiger partial charge on any atom is 0.125 e. The van der Waals surface area contributed by atoms with E-state index >= 15 is 0 Å². The van der Waals surface area contributed by atoms with E-state index in [9.17, 15) is 4.39 Å². The maximum absolute atomic E-state index is 12.8. The first kappa shape index (κ1) is 8.51. The Bertz CT molecular complexity index is 314. The van der Waals surface area contributed by atoms with Gasteiger partial charge in [0, 0.05) is 24.9 Å². The van der Waals surface area contributed by atoms with E-state index in [0.29, 0.717) is 0 Å². The van der Waals surface area contributed by atoms with Crippen molar-refractivity contribution in [3.63, 3.8) is 0 Å². The molecule has 1 aliphatic heterocycles. The van der Waals surface area contributed by atoms with Crippen LogP contribution in [-0.2, 0) is 4.74 Å². The molecule has 0 spiro atoms. The van der Waals surface area contributed by atoms with Crippen LogP contribution in [0.25, 0.3) is 0 Å². The minimum atomic E-state index is -0.206. The number of ether oxygens (including phenoxy) is 1. The number of nitrogens with one attached hydrogen (secondary N) is 1. The van der Waals surface area contributed by atoms with Crippen LogP contribution in [0.4, 0.5) is 10.1 Å². The van der Waals surface area contributed by atoms with E-state index in [2.05, 4.69) is 5.32 Å². The molecule has 0 aliphatic carbocycles. The number of hydrogen-bond donors (Lipinski definition) is 1. The number of rotatable bonds is 1. The number of methoxy groups -OCH3 is 1. The Balaban J connectivity index is 2.40. The summed E-state index contributed by atoms with van der Waals surface area (Å²) in [4.78, 5) is 0. The van der Waals surface area contributed by atoms with Crippen molar-refractivity contribution in [2.24, 2.45) is 0 Å². The van der Waals surface area contributed by atoms with Crippen molar-refractivity contribution in [3.8, 4) is 0 Å². The van der Waals surface area contributed by atoms with Gasteiger partial charge in [-0.25, -0.2) is 4.39 Å². The zero-order valence-electron chi connectivity index (χ0n) is 7.51. The first-order valence-electron chi connectivity index (χ1n) is 4.37. The third kappa shape index (κ3) is 1.52. The molecule has 1 aromatic rings. The summed E-state index contributed by atoms with van der Waals surface area (Å²) in [5.41, 5.74) is 1.91.